The maximum absolute atomic E-state index is 12.8. The third-order valence-corrected chi connectivity index (χ3v) is 4.60. The van der Waals surface area contributed by atoms with Gasteiger partial charge in [0.1, 0.15) is 11.3 Å². The van der Waals surface area contributed by atoms with Crippen molar-refractivity contribution in [1.82, 2.24) is 5.32 Å². The normalized spacial score (nSPS) is 10.2. The van der Waals surface area contributed by atoms with Crippen molar-refractivity contribution in [3.8, 4) is 17.2 Å². The third kappa shape index (κ3) is 5.85. The molecule has 0 bridgehead atoms. The average molecular weight is 450 g/mol. The van der Waals surface area contributed by atoms with E-state index in [4.69, 9.17) is 14.2 Å². The lowest BCUT2D eigenvalue weighted by atomic mass is 10.1. The molecule has 3 aromatic rings. The standard InChI is InChI=1S/C24H22N2O7/c1-3-32-22-13-19(20(26(29)30)14-21(22)31-2)24(28)33-18-11-7-10-17(12-18)23(27)25-15-16-8-5-4-6-9-16/h4-14H,3,15H2,1-2H3,(H,25,27). The summed E-state index contributed by atoms with van der Waals surface area (Å²) in [5, 5.41) is 14.3. The van der Waals surface area contributed by atoms with E-state index in [0.717, 1.165) is 11.6 Å². The van der Waals surface area contributed by atoms with Gasteiger partial charge in [0.05, 0.1) is 24.7 Å². The summed E-state index contributed by atoms with van der Waals surface area (Å²) in [7, 11) is 1.34. The molecule has 0 aliphatic heterocycles. The topological polar surface area (TPSA) is 117 Å². The number of ether oxygens (including phenoxy) is 3. The Morgan fingerprint density at radius 2 is 1.76 bits per heavy atom. The Morgan fingerprint density at radius 3 is 2.42 bits per heavy atom. The Balaban J connectivity index is 1.79. The number of hydrogen-bond donors (Lipinski definition) is 1. The lowest BCUT2D eigenvalue weighted by Crippen LogP contribution is -2.22. The van der Waals surface area contributed by atoms with Crippen LogP contribution in [0, 0.1) is 10.1 Å². The number of nitrogens with zero attached hydrogens (tertiary/aromatic N) is 1. The first-order valence-electron chi connectivity index (χ1n) is 10.1. The zero-order chi connectivity index (χ0) is 23.8. The van der Waals surface area contributed by atoms with Crippen molar-refractivity contribution in [2.75, 3.05) is 13.7 Å². The summed E-state index contributed by atoms with van der Waals surface area (Å²) in [6.45, 7) is 2.33. The van der Waals surface area contributed by atoms with Crippen LogP contribution in [0.2, 0.25) is 0 Å². The second-order valence-electron chi connectivity index (χ2n) is 6.80. The average Bonchev–Trinajstić information content (AvgIpc) is 2.83. The zero-order valence-electron chi connectivity index (χ0n) is 18.1. The second kappa shape index (κ2) is 10.8. The van der Waals surface area contributed by atoms with Gasteiger partial charge in [-0.05, 0) is 30.7 Å². The van der Waals surface area contributed by atoms with Gasteiger partial charge in [0, 0.05) is 18.2 Å². The highest BCUT2D eigenvalue weighted by molar-refractivity contribution is 5.97. The molecule has 1 N–H and O–H groups in total. The molecule has 0 spiro atoms. The van der Waals surface area contributed by atoms with Gasteiger partial charge in [-0.2, -0.15) is 0 Å². The van der Waals surface area contributed by atoms with E-state index in [9.17, 15) is 19.7 Å². The summed E-state index contributed by atoms with van der Waals surface area (Å²) < 4.78 is 15.9. The van der Waals surface area contributed by atoms with Gasteiger partial charge in [-0.3, -0.25) is 14.9 Å². The van der Waals surface area contributed by atoms with Gasteiger partial charge in [-0.15, -0.1) is 0 Å². The van der Waals surface area contributed by atoms with Gasteiger partial charge in [0.2, 0.25) is 0 Å². The van der Waals surface area contributed by atoms with Crippen molar-refractivity contribution in [3.63, 3.8) is 0 Å². The predicted octanol–water partition coefficient (Wildman–Crippen LogP) is 4.15. The second-order valence-corrected chi connectivity index (χ2v) is 6.80. The quantitative estimate of drug-likeness (QED) is 0.225. The molecule has 0 atom stereocenters. The molecule has 0 unspecified atom stereocenters. The maximum Gasteiger partial charge on any atom is 0.350 e. The number of amides is 1. The summed E-state index contributed by atoms with van der Waals surface area (Å²) >= 11 is 0. The molecular weight excluding hydrogens is 428 g/mol. The maximum atomic E-state index is 12.8. The van der Waals surface area contributed by atoms with E-state index in [1.165, 1.54) is 25.3 Å². The van der Waals surface area contributed by atoms with Crippen molar-refractivity contribution in [2.24, 2.45) is 0 Å². The number of methoxy groups -OCH3 is 1. The van der Waals surface area contributed by atoms with E-state index in [-0.39, 0.29) is 40.9 Å². The summed E-state index contributed by atoms with van der Waals surface area (Å²) in [6, 6.07) is 17.7. The van der Waals surface area contributed by atoms with Crippen molar-refractivity contribution in [2.45, 2.75) is 13.5 Å². The van der Waals surface area contributed by atoms with Crippen molar-refractivity contribution in [3.05, 3.63) is 93.5 Å². The fraction of sp³-hybridized carbons (Fsp3) is 0.167. The van der Waals surface area contributed by atoms with Gasteiger partial charge < -0.3 is 19.5 Å². The highest BCUT2D eigenvalue weighted by Crippen LogP contribution is 2.35. The van der Waals surface area contributed by atoms with Crippen molar-refractivity contribution >= 4 is 17.6 Å². The molecule has 1 amide bonds. The molecule has 3 aromatic carbocycles. The molecule has 3 rings (SSSR count). The van der Waals surface area contributed by atoms with Crippen LogP contribution in [0.15, 0.2) is 66.7 Å². The Kier molecular flexibility index (Phi) is 7.59. The molecule has 0 heterocycles. The van der Waals surface area contributed by atoms with Crippen molar-refractivity contribution in [1.29, 1.82) is 0 Å². The van der Waals surface area contributed by atoms with Crippen LogP contribution in [-0.4, -0.2) is 30.5 Å². The van der Waals surface area contributed by atoms with Crippen molar-refractivity contribution < 1.29 is 28.7 Å². The van der Waals surface area contributed by atoms with Gasteiger partial charge >= 0.3 is 5.97 Å². The fourth-order valence-corrected chi connectivity index (χ4v) is 3.03. The molecule has 0 saturated heterocycles. The van der Waals surface area contributed by atoms with Crippen LogP contribution in [0.3, 0.4) is 0 Å². The number of nitro groups is 1. The first-order chi connectivity index (χ1) is 15.9. The first-order valence-corrected chi connectivity index (χ1v) is 10.1. The van der Waals surface area contributed by atoms with Gasteiger partial charge in [0.15, 0.2) is 11.5 Å². The lowest BCUT2D eigenvalue weighted by molar-refractivity contribution is -0.385. The number of benzene rings is 3. The molecule has 0 aliphatic carbocycles. The highest BCUT2D eigenvalue weighted by atomic mass is 16.6. The monoisotopic (exact) mass is 450 g/mol. The number of hydrogen-bond acceptors (Lipinski definition) is 7. The molecule has 0 fully saturated rings. The van der Waals surface area contributed by atoms with Gasteiger partial charge in [-0.1, -0.05) is 36.4 Å². The van der Waals surface area contributed by atoms with E-state index in [1.807, 2.05) is 30.3 Å². The van der Waals surface area contributed by atoms with Crippen LogP contribution in [0.5, 0.6) is 17.2 Å². The molecule has 0 aliphatic rings. The number of carbonyl (C=O) groups excluding carboxylic acids is 2. The minimum atomic E-state index is -0.966. The minimum Gasteiger partial charge on any atom is -0.493 e. The largest absolute Gasteiger partial charge is 0.493 e. The van der Waals surface area contributed by atoms with Crippen LogP contribution >= 0.6 is 0 Å². The number of nitrogens with one attached hydrogen (secondary N) is 1. The molecule has 170 valence electrons. The van der Waals surface area contributed by atoms with Gasteiger partial charge in [0.25, 0.3) is 11.6 Å². The van der Waals surface area contributed by atoms with Crippen LogP contribution < -0.4 is 19.5 Å². The highest BCUT2D eigenvalue weighted by Gasteiger charge is 2.26. The Labute approximate surface area is 190 Å². The summed E-state index contributed by atoms with van der Waals surface area (Å²) in [5.41, 5.74) is 0.418. The van der Waals surface area contributed by atoms with Crippen LogP contribution in [0.4, 0.5) is 5.69 Å². The lowest BCUT2D eigenvalue weighted by Gasteiger charge is -2.12. The predicted molar refractivity (Wildman–Crippen MR) is 120 cm³/mol. The van der Waals surface area contributed by atoms with E-state index in [2.05, 4.69) is 5.32 Å². The molecule has 9 nitrogen and oxygen atoms in total. The van der Waals surface area contributed by atoms with Crippen LogP contribution in [0.25, 0.3) is 0 Å². The number of esters is 1. The van der Waals surface area contributed by atoms with E-state index in [0.29, 0.717) is 6.54 Å². The summed E-state index contributed by atoms with van der Waals surface area (Å²) in [4.78, 5) is 36.0. The molecule has 9 heteroatoms. The van der Waals surface area contributed by atoms with E-state index >= 15 is 0 Å². The Bertz CT molecular complexity index is 1160. The number of nitro benzene ring substituents is 1. The van der Waals surface area contributed by atoms with Gasteiger partial charge in [-0.25, -0.2) is 4.79 Å². The third-order valence-electron chi connectivity index (χ3n) is 4.60. The SMILES string of the molecule is CCOc1cc(C(=O)Oc2cccc(C(=O)NCc3ccccc3)c2)c([N+](=O)[O-])cc1OC. The summed E-state index contributed by atoms with van der Waals surface area (Å²) in [6.07, 6.45) is 0. The fourth-order valence-electron chi connectivity index (χ4n) is 3.03. The molecule has 0 radical (unpaired) electrons. The summed E-state index contributed by atoms with van der Waals surface area (Å²) in [5.74, 6) is -0.961. The van der Waals surface area contributed by atoms with E-state index in [1.54, 1.807) is 19.1 Å². The first kappa shape index (κ1) is 23.3. The van der Waals surface area contributed by atoms with E-state index < -0.39 is 16.6 Å². The molecule has 33 heavy (non-hydrogen) atoms. The Morgan fingerprint density at radius 1 is 1.00 bits per heavy atom. The zero-order valence-corrected chi connectivity index (χ0v) is 18.1. The smallest absolute Gasteiger partial charge is 0.350 e. The molecule has 0 aromatic heterocycles. The van der Waals surface area contributed by atoms with Crippen LogP contribution in [0.1, 0.15) is 33.2 Å². The molecule has 0 saturated carbocycles. The number of carbonyl (C=O) groups is 2. The van der Waals surface area contributed by atoms with Crippen LogP contribution in [-0.2, 0) is 6.54 Å². The molecular formula is C24H22N2O7. The Hall–Kier alpha value is -4.40. The minimum absolute atomic E-state index is 0.0652. The number of rotatable bonds is 9.